The summed E-state index contributed by atoms with van der Waals surface area (Å²) < 4.78 is 4.99. The highest BCUT2D eigenvalue weighted by atomic mass is 32.2. The molecule has 1 spiro atoms. The molecule has 0 aromatic heterocycles. The van der Waals surface area contributed by atoms with Crippen molar-refractivity contribution in [3.05, 3.63) is 0 Å². The topological polar surface area (TPSA) is 59.1 Å². The molecule has 7 heteroatoms. The predicted octanol–water partition coefficient (Wildman–Crippen LogP) is 1.69. The van der Waals surface area contributed by atoms with Gasteiger partial charge in [0.15, 0.2) is 0 Å². The summed E-state index contributed by atoms with van der Waals surface area (Å²) in [6.45, 7) is 4.14. The van der Waals surface area contributed by atoms with Crippen molar-refractivity contribution in [3.63, 3.8) is 0 Å². The third kappa shape index (κ3) is 3.18. The summed E-state index contributed by atoms with van der Waals surface area (Å²) in [6, 6.07) is 0.651. The number of ether oxygens (including phenoxy) is 1. The Morgan fingerprint density at radius 1 is 1.29 bits per heavy atom. The first-order valence-corrected chi connectivity index (χ1v) is 10.1. The van der Waals surface area contributed by atoms with E-state index in [1.807, 2.05) is 18.7 Å². The maximum Gasteiger partial charge on any atom is 0.311 e. The van der Waals surface area contributed by atoms with E-state index in [-0.39, 0.29) is 18.3 Å². The van der Waals surface area contributed by atoms with Gasteiger partial charge in [-0.25, -0.2) is 5.06 Å². The highest BCUT2D eigenvalue weighted by Crippen LogP contribution is 2.45. The SMILES string of the molecule is CCON1C(=O)CC(C(=O)OC)C12CCN(C1CCSCC1)CC2. The number of thioether (sulfide) groups is 1. The van der Waals surface area contributed by atoms with Gasteiger partial charge in [-0.3, -0.25) is 14.4 Å². The fraction of sp³-hybridized carbons (Fsp3) is 0.882. The number of likely N-dealkylation sites (tertiary alicyclic amines) is 1. The van der Waals surface area contributed by atoms with Crippen molar-refractivity contribution in [1.29, 1.82) is 0 Å². The molecular weight excluding hydrogens is 328 g/mol. The van der Waals surface area contributed by atoms with Crippen molar-refractivity contribution in [3.8, 4) is 0 Å². The van der Waals surface area contributed by atoms with Gasteiger partial charge in [0.05, 0.1) is 25.2 Å². The molecule has 3 heterocycles. The molecule has 3 saturated heterocycles. The molecule has 0 saturated carbocycles. The monoisotopic (exact) mass is 356 g/mol. The third-order valence-corrected chi connectivity index (χ3v) is 6.82. The lowest BCUT2D eigenvalue weighted by Crippen LogP contribution is -2.58. The minimum Gasteiger partial charge on any atom is -0.469 e. The summed E-state index contributed by atoms with van der Waals surface area (Å²) in [4.78, 5) is 32.9. The molecule has 3 aliphatic rings. The van der Waals surface area contributed by atoms with Crippen LogP contribution < -0.4 is 0 Å². The number of carbonyl (C=O) groups is 2. The van der Waals surface area contributed by atoms with Crippen LogP contribution in [0.25, 0.3) is 0 Å². The summed E-state index contributed by atoms with van der Waals surface area (Å²) in [5.74, 6) is 1.69. The van der Waals surface area contributed by atoms with Crippen LogP contribution >= 0.6 is 11.8 Å². The second-order valence-electron chi connectivity index (χ2n) is 6.87. The van der Waals surface area contributed by atoms with Crippen molar-refractivity contribution in [1.82, 2.24) is 9.96 Å². The number of rotatable bonds is 4. The van der Waals surface area contributed by atoms with E-state index in [0.717, 1.165) is 25.9 Å². The summed E-state index contributed by atoms with van der Waals surface area (Å²) >= 11 is 2.04. The van der Waals surface area contributed by atoms with Crippen LogP contribution in [0.15, 0.2) is 0 Å². The molecule has 6 nitrogen and oxygen atoms in total. The minimum absolute atomic E-state index is 0.0882. The lowest BCUT2D eigenvalue weighted by Gasteiger charge is -2.48. The van der Waals surface area contributed by atoms with Gasteiger partial charge >= 0.3 is 5.97 Å². The molecular formula is C17H28N2O4S. The fourth-order valence-electron chi connectivity index (χ4n) is 4.49. The number of hydrogen-bond donors (Lipinski definition) is 0. The fourth-order valence-corrected chi connectivity index (χ4v) is 5.57. The van der Waals surface area contributed by atoms with Gasteiger partial charge in [-0.2, -0.15) is 11.8 Å². The van der Waals surface area contributed by atoms with Crippen LogP contribution in [0.5, 0.6) is 0 Å². The first-order valence-electron chi connectivity index (χ1n) is 8.98. The van der Waals surface area contributed by atoms with Crippen LogP contribution in [0.3, 0.4) is 0 Å². The number of amides is 1. The molecule has 0 radical (unpaired) electrons. The molecule has 0 aliphatic carbocycles. The normalized spacial score (nSPS) is 28.5. The Kier molecular flexibility index (Phi) is 5.72. The highest BCUT2D eigenvalue weighted by molar-refractivity contribution is 7.99. The zero-order chi connectivity index (χ0) is 17.2. The van der Waals surface area contributed by atoms with E-state index in [0.29, 0.717) is 12.6 Å². The van der Waals surface area contributed by atoms with E-state index >= 15 is 0 Å². The number of methoxy groups -OCH3 is 1. The Balaban J connectivity index is 1.75. The van der Waals surface area contributed by atoms with Crippen LogP contribution in [0, 0.1) is 5.92 Å². The molecule has 0 bridgehead atoms. The molecule has 0 aromatic carbocycles. The maximum atomic E-state index is 12.4. The Bertz CT molecular complexity index is 473. The van der Waals surface area contributed by atoms with Crippen LogP contribution in [-0.4, -0.2) is 71.7 Å². The Morgan fingerprint density at radius 3 is 2.54 bits per heavy atom. The van der Waals surface area contributed by atoms with Crippen molar-refractivity contribution < 1.29 is 19.2 Å². The molecule has 1 unspecified atom stereocenters. The van der Waals surface area contributed by atoms with Gasteiger partial charge in [0.25, 0.3) is 0 Å². The van der Waals surface area contributed by atoms with Crippen LogP contribution in [0.2, 0.25) is 0 Å². The lowest BCUT2D eigenvalue weighted by atomic mass is 9.77. The quantitative estimate of drug-likeness (QED) is 0.715. The first kappa shape index (κ1) is 18.0. The largest absolute Gasteiger partial charge is 0.469 e. The molecule has 1 amide bonds. The number of nitrogens with zero attached hydrogens (tertiary/aromatic N) is 2. The number of piperidine rings is 1. The highest BCUT2D eigenvalue weighted by Gasteiger charge is 2.58. The first-order chi connectivity index (χ1) is 11.6. The Morgan fingerprint density at radius 2 is 1.96 bits per heavy atom. The molecule has 3 fully saturated rings. The molecule has 24 heavy (non-hydrogen) atoms. The second kappa shape index (κ2) is 7.62. The van der Waals surface area contributed by atoms with Crippen molar-refractivity contribution in [2.75, 3.05) is 38.3 Å². The average molecular weight is 356 g/mol. The molecule has 0 N–H and O–H groups in total. The zero-order valence-corrected chi connectivity index (χ0v) is 15.5. The number of carbonyl (C=O) groups excluding carboxylic acids is 2. The maximum absolute atomic E-state index is 12.4. The minimum atomic E-state index is -0.528. The van der Waals surface area contributed by atoms with Crippen LogP contribution in [0.4, 0.5) is 0 Å². The van der Waals surface area contributed by atoms with Crippen LogP contribution in [-0.2, 0) is 19.2 Å². The summed E-state index contributed by atoms with van der Waals surface area (Å²) in [6.07, 6.45) is 4.25. The van der Waals surface area contributed by atoms with Crippen molar-refractivity contribution in [2.24, 2.45) is 5.92 Å². The van der Waals surface area contributed by atoms with E-state index in [2.05, 4.69) is 4.90 Å². The van der Waals surface area contributed by atoms with Gasteiger partial charge in [0, 0.05) is 25.6 Å². The predicted molar refractivity (Wildman–Crippen MR) is 92.5 cm³/mol. The van der Waals surface area contributed by atoms with Crippen molar-refractivity contribution >= 4 is 23.6 Å². The van der Waals surface area contributed by atoms with E-state index in [1.54, 1.807) is 0 Å². The van der Waals surface area contributed by atoms with Gasteiger partial charge in [-0.1, -0.05) is 0 Å². The van der Waals surface area contributed by atoms with Gasteiger partial charge in [-0.05, 0) is 44.1 Å². The lowest BCUT2D eigenvalue weighted by molar-refractivity contribution is -0.221. The van der Waals surface area contributed by atoms with Gasteiger partial charge in [0.2, 0.25) is 5.91 Å². The van der Waals surface area contributed by atoms with E-state index < -0.39 is 11.5 Å². The smallest absolute Gasteiger partial charge is 0.311 e. The second-order valence-corrected chi connectivity index (χ2v) is 8.09. The van der Waals surface area contributed by atoms with E-state index in [4.69, 9.17) is 9.57 Å². The van der Waals surface area contributed by atoms with E-state index in [1.165, 1.54) is 36.5 Å². The molecule has 1 atom stereocenters. The summed E-state index contributed by atoms with van der Waals surface area (Å²) in [7, 11) is 1.40. The van der Waals surface area contributed by atoms with Crippen molar-refractivity contribution in [2.45, 2.75) is 50.6 Å². The standard InChI is InChI=1S/C17H28N2O4S/c1-3-23-19-15(20)12-14(16(21)22-2)17(19)6-8-18(9-7-17)13-4-10-24-11-5-13/h13-14H,3-12H2,1-2H3. The molecule has 136 valence electrons. The number of hydrogen-bond acceptors (Lipinski definition) is 6. The average Bonchev–Trinajstić information content (AvgIpc) is 2.89. The van der Waals surface area contributed by atoms with Gasteiger partial charge in [-0.15, -0.1) is 0 Å². The van der Waals surface area contributed by atoms with Crippen LogP contribution in [0.1, 0.15) is 39.0 Å². The summed E-state index contributed by atoms with van der Waals surface area (Å²) in [5, 5.41) is 1.52. The van der Waals surface area contributed by atoms with Gasteiger partial charge < -0.3 is 9.64 Å². The molecule has 0 aromatic rings. The third-order valence-electron chi connectivity index (χ3n) is 5.77. The zero-order valence-electron chi connectivity index (χ0n) is 14.7. The van der Waals surface area contributed by atoms with E-state index in [9.17, 15) is 9.59 Å². The van der Waals surface area contributed by atoms with Gasteiger partial charge in [0.1, 0.15) is 0 Å². The number of esters is 1. The molecule has 3 aliphatic heterocycles. The summed E-state index contributed by atoms with van der Waals surface area (Å²) in [5.41, 5.74) is -0.528. The Labute approximate surface area is 148 Å². The Hall–Kier alpha value is -0.790. The number of hydroxylamine groups is 2. The molecule has 3 rings (SSSR count).